The largest absolute Gasteiger partial charge is 0.493 e. The second-order valence-electron chi connectivity index (χ2n) is 5.00. The van der Waals surface area contributed by atoms with E-state index in [2.05, 4.69) is 0 Å². The summed E-state index contributed by atoms with van der Waals surface area (Å²) in [4.78, 5) is 10.8. The van der Waals surface area contributed by atoms with E-state index in [4.69, 9.17) is 19.7 Å². The van der Waals surface area contributed by atoms with E-state index in [1.165, 1.54) is 7.11 Å². The molecular weight excluding hydrogens is 248 g/mol. The summed E-state index contributed by atoms with van der Waals surface area (Å²) in [5.74, 6) is 0.345. The molecule has 0 atom stereocenters. The maximum Gasteiger partial charge on any atom is 0.304 e. The Morgan fingerprint density at radius 1 is 1.37 bits per heavy atom. The van der Waals surface area contributed by atoms with E-state index in [-0.39, 0.29) is 18.4 Å². The van der Waals surface area contributed by atoms with Gasteiger partial charge in [0, 0.05) is 5.41 Å². The first-order valence-electron chi connectivity index (χ1n) is 6.21. The van der Waals surface area contributed by atoms with Gasteiger partial charge in [0.15, 0.2) is 11.5 Å². The third-order valence-electron chi connectivity index (χ3n) is 3.43. The minimum atomic E-state index is -0.788. The molecule has 2 N–H and O–H groups in total. The highest BCUT2D eigenvalue weighted by Gasteiger charge is 2.45. The van der Waals surface area contributed by atoms with E-state index in [1.54, 1.807) is 18.2 Å². The normalized spacial score (nSPS) is 15.9. The van der Waals surface area contributed by atoms with E-state index >= 15 is 0 Å². The Balaban J connectivity index is 2.01. The number of aliphatic carboxylic acids is 1. The predicted octanol–water partition coefficient (Wildman–Crippen LogP) is 1.82. The topological polar surface area (TPSA) is 76.0 Å². The fraction of sp³-hybridized carbons (Fsp3) is 0.500. The SMILES string of the molecule is COc1cc(CO)ccc1OCC1(CC(=O)O)CC1. The van der Waals surface area contributed by atoms with Crippen LogP contribution in [0, 0.1) is 5.41 Å². The van der Waals surface area contributed by atoms with Gasteiger partial charge in [-0.2, -0.15) is 0 Å². The van der Waals surface area contributed by atoms with Gasteiger partial charge >= 0.3 is 5.97 Å². The van der Waals surface area contributed by atoms with Crippen LogP contribution in [0.1, 0.15) is 24.8 Å². The molecule has 19 heavy (non-hydrogen) atoms. The molecule has 1 aromatic rings. The van der Waals surface area contributed by atoms with Crippen LogP contribution in [0.25, 0.3) is 0 Å². The molecule has 0 radical (unpaired) electrons. The monoisotopic (exact) mass is 266 g/mol. The number of carboxylic acids is 1. The maximum atomic E-state index is 10.8. The second-order valence-corrected chi connectivity index (χ2v) is 5.00. The van der Waals surface area contributed by atoms with Crippen LogP contribution in [-0.2, 0) is 11.4 Å². The summed E-state index contributed by atoms with van der Waals surface area (Å²) in [6.45, 7) is 0.327. The minimum absolute atomic E-state index is 0.0560. The first-order valence-corrected chi connectivity index (χ1v) is 6.21. The summed E-state index contributed by atoms with van der Waals surface area (Å²) in [6, 6.07) is 5.21. The molecule has 0 bridgehead atoms. The number of rotatable bonds is 7. The third kappa shape index (κ3) is 3.38. The van der Waals surface area contributed by atoms with Gasteiger partial charge in [-0.25, -0.2) is 0 Å². The van der Waals surface area contributed by atoms with Crippen molar-refractivity contribution in [2.45, 2.75) is 25.9 Å². The standard InChI is InChI=1S/C14H18O5/c1-18-12-6-10(8-15)2-3-11(12)19-9-14(4-5-14)7-13(16)17/h2-3,6,15H,4-5,7-9H2,1H3,(H,16,17). The number of hydrogen-bond donors (Lipinski definition) is 2. The van der Waals surface area contributed by atoms with Gasteiger partial charge in [0.1, 0.15) is 0 Å². The van der Waals surface area contributed by atoms with Crippen LogP contribution in [0.4, 0.5) is 0 Å². The highest BCUT2D eigenvalue weighted by atomic mass is 16.5. The Morgan fingerprint density at radius 2 is 2.11 bits per heavy atom. The quantitative estimate of drug-likeness (QED) is 0.787. The van der Waals surface area contributed by atoms with Crippen molar-refractivity contribution in [2.75, 3.05) is 13.7 Å². The van der Waals surface area contributed by atoms with Crippen molar-refractivity contribution in [2.24, 2.45) is 5.41 Å². The van der Waals surface area contributed by atoms with Crippen LogP contribution in [0.2, 0.25) is 0 Å². The zero-order valence-electron chi connectivity index (χ0n) is 10.9. The van der Waals surface area contributed by atoms with Crippen LogP contribution in [0.3, 0.4) is 0 Å². The Bertz CT molecular complexity index is 465. The minimum Gasteiger partial charge on any atom is -0.493 e. The lowest BCUT2D eigenvalue weighted by atomic mass is 10.0. The van der Waals surface area contributed by atoms with Crippen LogP contribution < -0.4 is 9.47 Å². The van der Waals surface area contributed by atoms with Crippen molar-refractivity contribution in [1.82, 2.24) is 0 Å². The number of methoxy groups -OCH3 is 1. The molecule has 104 valence electrons. The summed E-state index contributed by atoms with van der Waals surface area (Å²) < 4.78 is 10.9. The van der Waals surface area contributed by atoms with Crippen molar-refractivity contribution in [3.05, 3.63) is 23.8 Å². The number of aliphatic hydroxyl groups excluding tert-OH is 1. The molecule has 0 unspecified atom stereocenters. The van der Waals surface area contributed by atoms with Gasteiger partial charge in [-0.1, -0.05) is 6.07 Å². The van der Waals surface area contributed by atoms with Gasteiger partial charge < -0.3 is 19.7 Å². The van der Waals surface area contributed by atoms with Gasteiger partial charge in [-0.05, 0) is 30.5 Å². The van der Waals surface area contributed by atoms with Crippen molar-refractivity contribution in [3.63, 3.8) is 0 Å². The fourth-order valence-electron chi connectivity index (χ4n) is 2.03. The fourth-order valence-corrected chi connectivity index (χ4v) is 2.03. The number of aliphatic hydroxyl groups is 1. The Labute approximate surface area is 111 Å². The molecule has 2 rings (SSSR count). The average molecular weight is 266 g/mol. The van der Waals surface area contributed by atoms with E-state index in [0.717, 1.165) is 18.4 Å². The number of ether oxygens (including phenoxy) is 2. The highest BCUT2D eigenvalue weighted by molar-refractivity contribution is 5.68. The van der Waals surface area contributed by atoms with Gasteiger partial charge in [0.2, 0.25) is 0 Å². The molecule has 1 aliphatic rings. The third-order valence-corrected chi connectivity index (χ3v) is 3.43. The van der Waals surface area contributed by atoms with E-state index in [0.29, 0.717) is 18.1 Å². The van der Waals surface area contributed by atoms with Gasteiger partial charge in [0.05, 0.1) is 26.7 Å². The van der Waals surface area contributed by atoms with Gasteiger partial charge in [-0.15, -0.1) is 0 Å². The first kappa shape index (κ1) is 13.7. The zero-order valence-corrected chi connectivity index (χ0v) is 10.9. The summed E-state index contributed by atoms with van der Waals surface area (Å²) in [7, 11) is 1.54. The summed E-state index contributed by atoms with van der Waals surface area (Å²) >= 11 is 0. The molecule has 5 nitrogen and oxygen atoms in total. The number of hydrogen-bond acceptors (Lipinski definition) is 4. The Morgan fingerprint density at radius 3 is 2.63 bits per heavy atom. The smallest absolute Gasteiger partial charge is 0.304 e. The van der Waals surface area contributed by atoms with E-state index < -0.39 is 5.97 Å². The number of benzene rings is 1. The van der Waals surface area contributed by atoms with E-state index in [1.807, 2.05) is 0 Å². The summed E-state index contributed by atoms with van der Waals surface area (Å²) in [5, 5.41) is 17.9. The summed E-state index contributed by atoms with van der Waals surface area (Å²) in [5.41, 5.74) is 0.530. The Kier molecular flexibility index (Phi) is 3.95. The first-order chi connectivity index (χ1) is 9.08. The molecule has 1 aromatic carbocycles. The van der Waals surface area contributed by atoms with E-state index in [9.17, 15) is 4.79 Å². The van der Waals surface area contributed by atoms with Gasteiger partial charge in [-0.3, -0.25) is 4.79 Å². The van der Waals surface area contributed by atoms with Gasteiger partial charge in [0.25, 0.3) is 0 Å². The number of carbonyl (C=O) groups is 1. The summed E-state index contributed by atoms with van der Waals surface area (Å²) in [6.07, 6.45) is 1.91. The molecule has 0 saturated heterocycles. The average Bonchev–Trinajstić information content (AvgIpc) is 3.15. The van der Waals surface area contributed by atoms with Crippen LogP contribution in [-0.4, -0.2) is 29.9 Å². The lowest BCUT2D eigenvalue weighted by molar-refractivity contribution is -0.138. The van der Waals surface area contributed by atoms with Crippen molar-refractivity contribution in [1.29, 1.82) is 0 Å². The molecule has 0 aliphatic heterocycles. The van der Waals surface area contributed by atoms with Crippen molar-refractivity contribution >= 4 is 5.97 Å². The molecular formula is C14H18O5. The highest BCUT2D eigenvalue weighted by Crippen LogP contribution is 2.49. The van der Waals surface area contributed by atoms with Crippen LogP contribution in [0.5, 0.6) is 11.5 Å². The molecule has 1 saturated carbocycles. The van der Waals surface area contributed by atoms with Crippen LogP contribution >= 0.6 is 0 Å². The molecule has 1 aliphatic carbocycles. The lowest BCUT2D eigenvalue weighted by Crippen LogP contribution is -2.17. The van der Waals surface area contributed by atoms with Crippen molar-refractivity contribution < 1.29 is 24.5 Å². The molecule has 0 amide bonds. The van der Waals surface area contributed by atoms with Crippen LogP contribution in [0.15, 0.2) is 18.2 Å². The maximum absolute atomic E-state index is 10.8. The zero-order chi connectivity index (χ0) is 13.9. The molecule has 0 heterocycles. The predicted molar refractivity (Wildman–Crippen MR) is 68.3 cm³/mol. The Hall–Kier alpha value is -1.75. The number of carboxylic acid groups (broad SMARTS) is 1. The van der Waals surface area contributed by atoms with Crippen molar-refractivity contribution in [3.8, 4) is 11.5 Å². The molecule has 1 fully saturated rings. The molecule has 0 aromatic heterocycles. The lowest BCUT2D eigenvalue weighted by Gasteiger charge is -2.16. The molecule has 0 spiro atoms. The second kappa shape index (κ2) is 5.48. The molecule has 5 heteroatoms.